The molecular formula is C3H4O4Si. The summed E-state index contributed by atoms with van der Waals surface area (Å²) in [6.45, 7) is 0. The van der Waals surface area contributed by atoms with E-state index >= 15 is 0 Å². The molecule has 0 bridgehead atoms. The Balaban J connectivity index is 0. The number of carboxylic acids is 2. The molecule has 0 spiro atoms. The Labute approximate surface area is 50.2 Å². The van der Waals surface area contributed by atoms with Gasteiger partial charge in [-0.2, -0.15) is 0 Å². The topological polar surface area (TPSA) is 74.6 Å². The van der Waals surface area contributed by atoms with Crippen molar-refractivity contribution in [3.05, 3.63) is 0 Å². The van der Waals surface area contributed by atoms with Crippen molar-refractivity contribution in [2.75, 3.05) is 0 Å². The Morgan fingerprint density at radius 1 is 1.12 bits per heavy atom. The van der Waals surface area contributed by atoms with Gasteiger partial charge in [0.1, 0.15) is 6.42 Å². The van der Waals surface area contributed by atoms with E-state index in [-0.39, 0.29) is 11.0 Å². The van der Waals surface area contributed by atoms with E-state index in [9.17, 15) is 9.59 Å². The second kappa shape index (κ2) is 4.32. The van der Waals surface area contributed by atoms with Crippen LogP contribution in [0.4, 0.5) is 0 Å². The van der Waals surface area contributed by atoms with Crippen molar-refractivity contribution >= 4 is 22.9 Å². The van der Waals surface area contributed by atoms with Crippen molar-refractivity contribution in [2.45, 2.75) is 6.42 Å². The van der Waals surface area contributed by atoms with E-state index in [1.54, 1.807) is 0 Å². The molecule has 4 radical (unpaired) electrons. The maximum Gasteiger partial charge on any atom is 0.314 e. The molecule has 0 aliphatic heterocycles. The van der Waals surface area contributed by atoms with E-state index in [1.165, 1.54) is 0 Å². The van der Waals surface area contributed by atoms with Gasteiger partial charge in [-0.15, -0.1) is 0 Å². The quantitative estimate of drug-likeness (QED) is 0.379. The number of aliphatic carboxylic acids is 2. The van der Waals surface area contributed by atoms with Crippen molar-refractivity contribution in [2.24, 2.45) is 0 Å². The summed E-state index contributed by atoms with van der Waals surface area (Å²) in [5.41, 5.74) is 0. The van der Waals surface area contributed by atoms with Crippen LogP contribution >= 0.6 is 0 Å². The van der Waals surface area contributed by atoms with Gasteiger partial charge in [0, 0.05) is 11.0 Å². The lowest BCUT2D eigenvalue weighted by Crippen LogP contribution is -2.03. The second-order valence-corrected chi connectivity index (χ2v) is 0.964. The summed E-state index contributed by atoms with van der Waals surface area (Å²) in [5.74, 6) is -2.62. The molecule has 0 amide bonds. The summed E-state index contributed by atoms with van der Waals surface area (Å²) < 4.78 is 0. The Bertz CT molecular complexity index is 87.5. The first-order chi connectivity index (χ1) is 3.13. The maximum atomic E-state index is 9.43. The van der Waals surface area contributed by atoms with Crippen LogP contribution in [0.25, 0.3) is 0 Å². The number of carbonyl (C=O) groups is 2. The van der Waals surface area contributed by atoms with Gasteiger partial charge in [-0.25, -0.2) is 0 Å². The Kier molecular flexibility index (Phi) is 5.51. The summed E-state index contributed by atoms with van der Waals surface area (Å²) in [5, 5.41) is 15.4. The molecule has 0 fully saturated rings. The van der Waals surface area contributed by atoms with Crippen LogP contribution < -0.4 is 0 Å². The van der Waals surface area contributed by atoms with Crippen molar-refractivity contribution in [1.82, 2.24) is 0 Å². The Hall–Kier alpha value is -0.843. The zero-order chi connectivity index (χ0) is 5.86. The molecule has 8 heavy (non-hydrogen) atoms. The van der Waals surface area contributed by atoms with E-state index in [4.69, 9.17) is 10.2 Å². The lowest BCUT2D eigenvalue weighted by molar-refractivity contribution is -0.147. The molecule has 0 heterocycles. The molecule has 0 saturated heterocycles. The van der Waals surface area contributed by atoms with Gasteiger partial charge in [0.05, 0.1) is 0 Å². The third-order valence-electron chi connectivity index (χ3n) is 0.302. The number of hydrogen-bond acceptors (Lipinski definition) is 2. The highest BCUT2D eigenvalue weighted by Gasteiger charge is 2.01. The van der Waals surface area contributed by atoms with Gasteiger partial charge in [-0.05, 0) is 0 Å². The summed E-state index contributed by atoms with van der Waals surface area (Å²) >= 11 is 0. The van der Waals surface area contributed by atoms with Crippen LogP contribution in [0, 0.1) is 0 Å². The third-order valence-corrected chi connectivity index (χ3v) is 0.302. The van der Waals surface area contributed by atoms with Crippen LogP contribution in [0.15, 0.2) is 0 Å². The number of carboxylic acid groups (broad SMARTS) is 2. The van der Waals surface area contributed by atoms with Gasteiger partial charge < -0.3 is 10.2 Å². The minimum absolute atomic E-state index is 0. The molecule has 4 nitrogen and oxygen atoms in total. The zero-order valence-corrected chi connectivity index (χ0v) is 4.92. The molecule has 5 heteroatoms. The van der Waals surface area contributed by atoms with Gasteiger partial charge in [0.2, 0.25) is 0 Å². The van der Waals surface area contributed by atoms with Crippen molar-refractivity contribution in [3.8, 4) is 0 Å². The first kappa shape index (κ1) is 10.2. The van der Waals surface area contributed by atoms with E-state index < -0.39 is 18.4 Å². The van der Waals surface area contributed by atoms with Gasteiger partial charge in [0.15, 0.2) is 0 Å². The van der Waals surface area contributed by atoms with Gasteiger partial charge in [-0.1, -0.05) is 0 Å². The van der Waals surface area contributed by atoms with Gasteiger partial charge in [0.25, 0.3) is 0 Å². The fourth-order valence-electron chi connectivity index (χ4n) is 0.129. The summed E-state index contributed by atoms with van der Waals surface area (Å²) in [4.78, 5) is 18.9. The van der Waals surface area contributed by atoms with Crippen molar-refractivity contribution in [1.29, 1.82) is 0 Å². The Morgan fingerprint density at radius 2 is 1.38 bits per heavy atom. The molecule has 0 aromatic rings. The highest BCUT2D eigenvalue weighted by molar-refractivity contribution is 5.88. The standard InChI is InChI=1S/C3H4O4.Si/c4-2(5)1-3(6)7;/h1H2,(H,4,5)(H,6,7);. The fourth-order valence-corrected chi connectivity index (χ4v) is 0.129. The summed E-state index contributed by atoms with van der Waals surface area (Å²) in [7, 11) is 0. The molecule has 0 atom stereocenters. The summed E-state index contributed by atoms with van der Waals surface area (Å²) in [6, 6.07) is 0. The first-order valence-corrected chi connectivity index (χ1v) is 1.56. The van der Waals surface area contributed by atoms with Crippen molar-refractivity contribution in [3.63, 3.8) is 0 Å². The SMILES string of the molecule is O=C(O)CC(=O)O.[Si]. The lowest BCUT2D eigenvalue weighted by Gasteiger charge is -1.80. The molecule has 0 aromatic heterocycles. The van der Waals surface area contributed by atoms with Crippen LogP contribution in [-0.4, -0.2) is 33.1 Å². The molecule has 44 valence electrons. The monoisotopic (exact) mass is 132 g/mol. The van der Waals surface area contributed by atoms with Crippen LogP contribution in [0.5, 0.6) is 0 Å². The molecule has 0 unspecified atom stereocenters. The van der Waals surface area contributed by atoms with Crippen LogP contribution in [-0.2, 0) is 9.59 Å². The minimum atomic E-state index is -1.31. The largest absolute Gasteiger partial charge is 0.481 e. The lowest BCUT2D eigenvalue weighted by atomic mass is 10.5. The summed E-state index contributed by atoms with van der Waals surface area (Å²) in [6.07, 6.45) is -0.806. The predicted octanol–water partition coefficient (Wildman–Crippen LogP) is -0.835. The van der Waals surface area contributed by atoms with E-state index in [2.05, 4.69) is 0 Å². The van der Waals surface area contributed by atoms with Crippen LogP contribution in [0.2, 0.25) is 0 Å². The highest BCUT2D eigenvalue weighted by Crippen LogP contribution is 1.74. The molecule has 0 saturated carbocycles. The van der Waals surface area contributed by atoms with Crippen molar-refractivity contribution < 1.29 is 19.8 Å². The molecule has 0 aliphatic carbocycles. The van der Waals surface area contributed by atoms with E-state index in [0.717, 1.165) is 0 Å². The first-order valence-electron chi connectivity index (χ1n) is 1.56. The van der Waals surface area contributed by atoms with E-state index in [1.807, 2.05) is 0 Å². The van der Waals surface area contributed by atoms with E-state index in [0.29, 0.717) is 0 Å². The highest BCUT2D eigenvalue weighted by atomic mass is 28.1. The maximum absolute atomic E-state index is 9.43. The normalized spacial score (nSPS) is 7.00. The molecule has 0 aliphatic rings. The third kappa shape index (κ3) is 8.94. The number of rotatable bonds is 2. The second-order valence-electron chi connectivity index (χ2n) is 0.964. The predicted molar refractivity (Wildman–Crippen MR) is 25.6 cm³/mol. The molecule has 0 rings (SSSR count). The van der Waals surface area contributed by atoms with Gasteiger partial charge in [-0.3, -0.25) is 9.59 Å². The zero-order valence-electron chi connectivity index (χ0n) is 3.92. The minimum Gasteiger partial charge on any atom is -0.481 e. The average molecular weight is 132 g/mol. The average Bonchev–Trinajstić information content (AvgIpc) is 1.27. The molecular weight excluding hydrogens is 128 g/mol. The molecule has 0 aromatic carbocycles. The Morgan fingerprint density at radius 3 is 1.38 bits per heavy atom. The van der Waals surface area contributed by atoms with Crippen LogP contribution in [0.1, 0.15) is 6.42 Å². The van der Waals surface area contributed by atoms with Gasteiger partial charge >= 0.3 is 11.9 Å². The van der Waals surface area contributed by atoms with Crippen LogP contribution in [0.3, 0.4) is 0 Å². The smallest absolute Gasteiger partial charge is 0.314 e. The number of hydrogen-bond donors (Lipinski definition) is 2. The molecule has 2 N–H and O–H groups in total. The fraction of sp³-hybridized carbons (Fsp3) is 0.333.